The van der Waals surface area contributed by atoms with Gasteiger partial charge in [0.05, 0.1) is 12.2 Å². The Hall–Kier alpha value is -2.63. The second-order valence-electron chi connectivity index (χ2n) is 4.62. The maximum atomic E-state index is 5.53. The average Bonchev–Trinajstić information content (AvgIpc) is 3.09. The molecule has 0 fully saturated rings. The summed E-state index contributed by atoms with van der Waals surface area (Å²) in [7, 11) is 0. The molecular weight excluding hydrogens is 254 g/mol. The topological polar surface area (TPSA) is 68.8 Å². The van der Waals surface area contributed by atoms with E-state index in [1.807, 2.05) is 44.2 Å². The minimum atomic E-state index is 0.645. The molecule has 0 aliphatic heterocycles. The second kappa shape index (κ2) is 5.16. The van der Waals surface area contributed by atoms with Crippen molar-refractivity contribution in [3.05, 3.63) is 53.7 Å². The zero-order valence-corrected chi connectivity index (χ0v) is 11.4. The molecule has 0 aliphatic carbocycles. The molecule has 0 unspecified atom stereocenters. The molecule has 1 aromatic carbocycles. The highest BCUT2D eigenvalue weighted by molar-refractivity contribution is 5.54. The summed E-state index contributed by atoms with van der Waals surface area (Å²) in [6, 6.07) is 10.0. The molecule has 0 saturated heterocycles. The number of tetrazole rings is 1. The van der Waals surface area contributed by atoms with Crippen LogP contribution in [-0.2, 0) is 6.54 Å². The summed E-state index contributed by atoms with van der Waals surface area (Å²) in [5.41, 5.74) is 3.06. The first-order valence-corrected chi connectivity index (χ1v) is 6.35. The molecule has 0 atom stereocenters. The fourth-order valence-electron chi connectivity index (χ4n) is 2.01. The highest BCUT2D eigenvalue weighted by Crippen LogP contribution is 2.19. The Morgan fingerprint density at radius 2 is 2.10 bits per heavy atom. The Morgan fingerprint density at radius 1 is 1.20 bits per heavy atom. The number of anilines is 1. The Kier molecular flexibility index (Phi) is 3.20. The molecule has 2 aromatic heterocycles. The zero-order chi connectivity index (χ0) is 13.9. The van der Waals surface area contributed by atoms with Crippen molar-refractivity contribution in [2.45, 2.75) is 20.4 Å². The van der Waals surface area contributed by atoms with Crippen LogP contribution in [-0.4, -0.2) is 20.2 Å². The van der Waals surface area contributed by atoms with Crippen molar-refractivity contribution in [3.63, 3.8) is 0 Å². The lowest BCUT2D eigenvalue weighted by Crippen LogP contribution is -2.02. The van der Waals surface area contributed by atoms with Crippen molar-refractivity contribution < 1.29 is 4.42 Å². The number of aryl methyl sites for hydroxylation is 2. The lowest BCUT2D eigenvalue weighted by Gasteiger charge is -2.09. The summed E-state index contributed by atoms with van der Waals surface area (Å²) in [5, 5.41) is 14.6. The van der Waals surface area contributed by atoms with Crippen LogP contribution in [0.2, 0.25) is 0 Å². The average molecular weight is 269 g/mol. The highest BCUT2D eigenvalue weighted by Gasteiger charge is 2.05. The van der Waals surface area contributed by atoms with Gasteiger partial charge in [-0.25, -0.2) is 4.68 Å². The van der Waals surface area contributed by atoms with Gasteiger partial charge in [-0.1, -0.05) is 6.07 Å². The van der Waals surface area contributed by atoms with E-state index in [9.17, 15) is 0 Å². The van der Waals surface area contributed by atoms with E-state index < -0.39 is 0 Å². The third-order valence-electron chi connectivity index (χ3n) is 3.07. The maximum Gasteiger partial charge on any atom is 0.143 e. The normalized spacial score (nSPS) is 10.7. The Labute approximate surface area is 116 Å². The smallest absolute Gasteiger partial charge is 0.143 e. The van der Waals surface area contributed by atoms with Crippen LogP contribution < -0.4 is 5.32 Å². The molecule has 0 spiro atoms. The van der Waals surface area contributed by atoms with Crippen LogP contribution in [0.25, 0.3) is 5.69 Å². The van der Waals surface area contributed by atoms with E-state index in [-0.39, 0.29) is 0 Å². The second-order valence-corrected chi connectivity index (χ2v) is 4.62. The predicted octanol–water partition coefficient (Wildman–Crippen LogP) is 2.48. The summed E-state index contributed by atoms with van der Waals surface area (Å²) >= 11 is 0. The number of nitrogens with one attached hydrogen (secondary N) is 1. The molecule has 0 bridgehead atoms. The van der Waals surface area contributed by atoms with E-state index in [2.05, 4.69) is 20.8 Å². The number of benzene rings is 1. The molecule has 0 radical (unpaired) electrons. The standard InChI is InChI=1S/C14H15N5O/c1-10-3-5-12(7-14(10)19-9-16-17-18-19)15-8-13-6-4-11(2)20-13/h3-7,9,15H,8H2,1-2H3. The van der Waals surface area contributed by atoms with Crippen LogP contribution in [0.5, 0.6) is 0 Å². The van der Waals surface area contributed by atoms with Crippen molar-refractivity contribution in [1.82, 2.24) is 20.2 Å². The molecule has 0 aliphatic rings. The molecule has 1 N–H and O–H groups in total. The third-order valence-corrected chi connectivity index (χ3v) is 3.07. The molecule has 3 rings (SSSR count). The van der Waals surface area contributed by atoms with Gasteiger partial charge in [-0.2, -0.15) is 0 Å². The predicted molar refractivity (Wildman–Crippen MR) is 74.7 cm³/mol. The molecular formula is C14H15N5O. The van der Waals surface area contributed by atoms with Gasteiger partial charge in [0.25, 0.3) is 0 Å². The van der Waals surface area contributed by atoms with Gasteiger partial charge >= 0.3 is 0 Å². The quantitative estimate of drug-likeness (QED) is 0.788. The summed E-state index contributed by atoms with van der Waals surface area (Å²) in [6.45, 7) is 4.60. The molecule has 2 heterocycles. The number of aromatic nitrogens is 4. The molecule has 3 aromatic rings. The van der Waals surface area contributed by atoms with Crippen LogP contribution in [0, 0.1) is 13.8 Å². The van der Waals surface area contributed by atoms with Crippen LogP contribution in [0.4, 0.5) is 5.69 Å². The third kappa shape index (κ3) is 2.54. The molecule has 0 amide bonds. The van der Waals surface area contributed by atoms with Crippen LogP contribution in [0.1, 0.15) is 17.1 Å². The van der Waals surface area contributed by atoms with E-state index in [4.69, 9.17) is 4.42 Å². The van der Waals surface area contributed by atoms with Gasteiger partial charge in [0.15, 0.2) is 0 Å². The lowest BCUT2D eigenvalue weighted by atomic mass is 10.2. The van der Waals surface area contributed by atoms with Gasteiger partial charge in [0, 0.05) is 5.69 Å². The van der Waals surface area contributed by atoms with E-state index in [0.29, 0.717) is 6.54 Å². The SMILES string of the molecule is Cc1ccc(CNc2ccc(C)c(-n3cnnn3)c2)o1. The zero-order valence-electron chi connectivity index (χ0n) is 11.4. The Bertz CT molecular complexity index is 702. The number of furan rings is 1. The first-order chi connectivity index (χ1) is 9.72. The summed E-state index contributed by atoms with van der Waals surface area (Å²) < 4.78 is 7.18. The molecule has 0 saturated carbocycles. The van der Waals surface area contributed by atoms with Gasteiger partial charge in [0.2, 0.25) is 0 Å². The maximum absolute atomic E-state index is 5.53. The number of rotatable bonds is 4. The van der Waals surface area contributed by atoms with Gasteiger partial charge in [-0.05, 0) is 54.1 Å². The molecule has 102 valence electrons. The fourth-order valence-corrected chi connectivity index (χ4v) is 2.01. The van der Waals surface area contributed by atoms with Crippen LogP contribution in [0.15, 0.2) is 41.1 Å². The minimum absolute atomic E-state index is 0.645. The van der Waals surface area contributed by atoms with Crippen molar-refractivity contribution in [1.29, 1.82) is 0 Å². The summed E-state index contributed by atoms with van der Waals surface area (Å²) in [5.74, 6) is 1.83. The van der Waals surface area contributed by atoms with E-state index in [0.717, 1.165) is 28.5 Å². The fraction of sp³-hybridized carbons (Fsp3) is 0.214. The summed E-state index contributed by atoms with van der Waals surface area (Å²) in [6.07, 6.45) is 1.59. The minimum Gasteiger partial charge on any atom is -0.465 e. The van der Waals surface area contributed by atoms with Crippen LogP contribution >= 0.6 is 0 Å². The van der Waals surface area contributed by atoms with E-state index in [1.54, 1.807) is 11.0 Å². The van der Waals surface area contributed by atoms with Crippen LogP contribution in [0.3, 0.4) is 0 Å². The first kappa shape index (κ1) is 12.4. The van der Waals surface area contributed by atoms with Crippen molar-refractivity contribution in [2.75, 3.05) is 5.32 Å². The Morgan fingerprint density at radius 3 is 2.80 bits per heavy atom. The van der Waals surface area contributed by atoms with E-state index in [1.165, 1.54) is 0 Å². The van der Waals surface area contributed by atoms with Gasteiger partial charge in [-0.3, -0.25) is 0 Å². The Balaban J connectivity index is 1.79. The molecule has 20 heavy (non-hydrogen) atoms. The molecule has 6 heteroatoms. The number of hydrogen-bond donors (Lipinski definition) is 1. The molecule has 6 nitrogen and oxygen atoms in total. The summed E-state index contributed by atoms with van der Waals surface area (Å²) in [4.78, 5) is 0. The first-order valence-electron chi connectivity index (χ1n) is 6.35. The monoisotopic (exact) mass is 269 g/mol. The van der Waals surface area contributed by atoms with E-state index >= 15 is 0 Å². The van der Waals surface area contributed by atoms with Crippen molar-refractivity contribution in [2.24, 2.45) is 0 Å². The van der Waals surface area contributed by atoms with Gasteiger partial charge in [0.1, 0.15) is 17.8 Å². The lowest BCUT2D eigenvalue weighted by molar-refractivity contribution is 0.490. The van der Waals surface area contributed by atoms with Gasteiger partial charge in [-0.15, -0.1) is 5.10 Å². The largest absolute Gasteiger partial charge is 0.465 e. The van der Waals surface area contributed by atoms with Crippen molar-refractivity contribution in [3.8, 4) is 5.69 Å². The van der Waals surface area contributed by atoms with Gasteiger partial charge < -0.3 is 9.73 Å². The number of hydrogen-bond acceptors (Lipinski definition) is 5. The highest BCUT2D eigenvalue weighted by atomic mass is 16.3. The number of nitrogens with zero attached hydrogens (tertiary/aromatic N) is 4. The van der Waals surface area contributed by atoms with Crippen molar-refractivity contribution >= 4 is 5.69 Å².